The van der Waals surface area contributed by atoms with Gasteiger partial charge in [-0.3, -0.25) is 0 Å². The van der Waals surface area contributed by atoms with E-state index in [1.807, 2.05) is 0 Å². The molecule has 0 spiro atoms. The van der Waals surface area contributed by atoms with Gasteiger partial charge in [0, 0.05) is 13.0 Å². The van der Waals surface area contributed by atoms with E-state index in [1.54, 1.807) is 0 Å². The molecule has 0 bridgehead atoms. The van der Waals surface area contributed by atoms with Crippen LogP contribution in [0, 0.1) is 0 Å². The van der Waals surface area contributed by atoms with Crippen LogP contribution < -0.4 is 4.83 Å². The van der Waals surface area contributed by atoms with Crippen molar-refractivity contribution < 1.29 is 4.21 Å². The molecule has 4 heteroatoms. The Labute approximate surface area is 39.0 Å². The summed E-state index contributed by atoms with van der Waals surface area (Å²) in [6.45, 7) is 3.05. The Morgan fingerprint density at radius 1 is 2.00 bits per heavy atom. The SMILES string of the molecule is C=NNS(C)=O. The first-order valence-corrected chi connectivity index (χ1v) is 2.88. The quantitative estimate of drug-likeness (QED) is 0.373. The van der Waals surface area contributed by atoms with Gasteiger partial charge in [0.2, 0.25) is 0 Å². The van der Waals surface area contributed by atoms with Crippen molar-refractivity contribution in [2.24, 2.45) is 5.10 Å². The van der Waals surface area contributed by atoms with Gasteiger partial charge in [0.25, 0.3) is 0 Å². The van der Waals surface area contributed by atoms with Crippen LogP contribution in [0.5, 0.6) is 0 Å². The second kappa shape index (κ2) is 2.84. The fraction of sp³-hybridized carbons (Fsp3) is 0.500. The number of nitrogens with zero attached hydrogens (tertiary/aromatic N) is 1. The number of hydrazone groups is 1. The summed E-state index contributed by atoms with van der Waals surface area (Å²) < 4.78 is 9.91. The van der Waals surface area contributed by atoms with Crippen LogP contribution in [0.25, 0.3) is 0 Å². The van der Waals surface area contributed by atoms with E-state index in [9.17, 15) is 4.21 Å². The van der Waals surface area contributed by atoms with Gasteiger partial charge in [0.1, 0.15) is 11.0 Å². The van der Waals surface area contributed by atoms with Crippen LogP contribution in [-0.4, -0.2) is 17.2 Å². The molecule has 0 aromatic rings. The van der Waals surface area contributed by atoms with Crippen LogP contribution in [0.4, 0.5) is 0 Å². The van der Waals surface area contributed by atoms with Gasteiger partial charge in [-0.25, -0.2) is 9.04 Å². The summed E-state index contributed by atoms with van der Waals surface area (Å²) in [6, 6.07) is 0. The lowest BCUT2D eigenvalue weighted by Gasteiger charge is -1.84. The molecule has 0 saturated heterocycles. The summed E-state index contributed by atoms with van der Waals surface area (Å²) in [4.78, 5) is 2.19. The maximum Gasteiger partial charge on any atom is 0.129 e. The molecular weight excluding hydrogens is 100 g/mol. The second-order valence-corrected chi connectivity index (χ2v) is 1.79. The molecule has 0 saturated carbocycles. The number of hydrogen-bond acceptors (Lipinski definition) is 2. The van der Waals surface area contributed by atoms with Gasteiger partial charge in [0.05, 0.1) is 0 Å². The van der Waals surface area contributed by atoms with Crippen molar-refractivity contribution in [3.05, 3.63) is 0 Å². The summed E-state index contributed by atoms with van der Waals surface area (Å²) in [5.74, 6) is 0. The molecule has 0 radical (unpaired) electrons. The zero-order chi connectivity index (χ0) is 4.99. The number of hydrogen-bond donors (Lipinski definition) is 1. The molecule has 3 nitrogen and oxygen atoms in total. The topological polar surface area (TPSA) is 41.5 Å². The fourth-order valence-corrected chi connectivity index (χ4v) is 0.273. The highest BCUT2D eigenvalue weighted by molar-refractivity contribution is 7.82. The molecular formula is C2H6N2OS. The van der Waals surface area contributed by atoms with E-state index in [0.29, 0.717) is 0 Å². The molecule has 0 aliphatic heterocycles. The van der Waals surface area contributed by atoms with E-state index in [4.69, 9.17) is 0 Å². The minimum atomic E-state index is -1.04. The number of nitrogens with one attached hydrogen (secondary N) is 1. The normalized spacial score (nSPS) is 12.8. The van der Waals surface area contributed by atoms with Gasteiger partial charge in [-0.15, -0.1) is 0 Å². The molecule has 0 aromatic heterocycles. The summed E-state index contributed by atoms with van der Waals surface area (Å²) in [5.41, 5.74) is 0. The van der Waals surface area contributed by atoms with Crippen LogP contribution in [0.3, 0.4) is 0 Å². The molecule has 0 amide bonds. The Bertz CT molecular complexity index is 71.9. The van der Waals surface area contributed by atoms with E-state index in [1.165, 1.54) is 6.26 Å². The Hall–Kier alpha value is -0.380. The molecule has 1 N–H and O–H groups in total. The van der Waals surface area contributed by atoms with Crippen molar-refractivity contribution in [1.82, 2.24) is 4.83 Å². The summed E-state index contributed by atoms with van der Waals surface area (Å²) in [6.07, 6.45) is 1.48. The Balaban J connectivity index is 3.05. The molecule has 1 unspecified atom stereocenters. The summed E-state index contributed by atoms with van der Waals surface area (Å²) in [5, 5.41) is 3.14. The van der Waals surface area contributed by atoms with Crippen LogP contribution in [0.1, 0.15) is 0 Å². The van der Waals surface area contributed by atoms with Gasteiger partial charge in [-0.05, 0) is 0 Å². The van der Waals surface area contributed by atoms with Gasteiger partial charge >= 0.3 is 0 Å². The first-order chi connectivity index (χ1) is 2.77. The van der Waals surface area contributed by atoms with Crippen molar-refractivity contribution in [2.75, 3.05) is 6.26 Å². The molecule has 36 valence electrons. The molecule has 0 aromatic carbocycles. The molecule has 0 aliphatic rings. The average Bonchev–Trinajstić information content (AvgIpc) is 1.35. The highest BCUT2D eigenvalue weighted by Crippen LogP contribution is 1.56. The smallest absolute Gasteiger partial charge is 0.129 e. The lowest BCUT2D eigenvalue weighted by atomic mass is 11.7. The molecule has 0 rings (SSSR count). The predicted octanol–water partition coefficient (Wildman–Crippen LogP) is -0.515. The van der Waals surface area contributed by atoms with E-state index < -0.39 is 11.0 Å². The van der Waals surface area contributed by atoms with Gasteiger partial charge in [0.15, 0.2) is 0 Å². The van der Waals surface area contributed by atoms with Crippen LogP contribution in [0.15, 0.2) is 5.10 Å². The molecule has 6 heavy (non-hydrogen) atoms. The van der Waals surface area contributed by atoms with Crippen molar-refractivity contribution in [1.29, 1.82) is 0 Å². The number of rotatable bonds is 2. The highest BCUT2D eigenvalue weighted by atomic mass is 32.2. The summed E-state index contributed by atoms with van der Waals surface area (Å²) in [7, 11) is -1.04. The standard InChI is InChI=1S/C2H6N2OS/c1-3-4-6(2)5/h4H,1H2,2H3. The van der Waals surface area contributed by atoms with E-state index in [-0.39, 0.29) is 0 Å². The maximum atomic E-state index is 9.91. The monoisotopic (exact) mass is 106 g/mol. The van der Waals surface area contributed by atoms with E-state index in [0.717, 1.165) is 0 Å². The van der Waals surface area contributed by atoms with Crippen LogP contribution in [0.2, 0.25) is 0 Å². The van der Waals surface area contributed by atoms with Crippen molar-refractivity contribution >= 4 is 17.7 Å². The van der Waals surface area contributed by atoms with Crippen molar-refractivity contribution in [2.45, 2.75) is 0 Å². The van der Waals surface area contributed by atoms with Gasteiger partial charge in [-0.2, -0.15) is 5.10 Å². The largest absolute Gasteiger partial charge is 0.236 e. The third-order valence-electron chi connectivity index (χ3n) is 0.193. The maximum absolute atomic E-state index is 9.91. The highest BCUT2D eigenvalue weighted by Gasteiger charge is 1.73. The molecule has 0 heterocycles. The Morgan fingerprint density at radius 3 is 2.50 bits per heavy atom. The average molecular weight is 106 g/mol. The lowest BCUT2D eigenvalue weighted by molar-refractivity contribution is 0.679. The minimum Gasteiger partial charge on any atom is -0.236 e. The Kier molecular flexibility index (Phi) is 2.66. The van der Waals surface area contributed by atoms with E-state index in [2.05, 4.69) is 16.7 Å². The van der Waals surface area contributed by atoms with Crippen LogP contribution >= 0.6 is 0 Å². The van der Waals surface area contributed by atoms with Crippen LogP contribution in [-0.2, 0) is 11.0 Å². The first kappa shape index (κ1) is 5.62. The first-order valence-electron chi connectivity index (χ1n) is 1.32. The minimum absolute atomic E-state index is 1.04. The molecule has 0 aliphatic carbocycles. The van der Waals surface area contributed by atoms with Crippen molar-refractivity contribution in [3.8, 4) is 0 Å². The second-order valence-electron chi connectivity index (χ2n) is 0.704. The third-order valence-corrected chi connectivity index (χ3v) is 0.579. The van der Waals surface area contributed by atoms with Gasteiger partial charge < -0.3 is 0 Å². The van der Waals surface area contributed by atoms with Gasteiger partial charge in [-0.1, -0.05) is 0 Å². The fourth-order valence-electron chi connectivity index (χ4n) is 0.0909. The Morgan fingerprint density at radius 2 is 2.50 bits per heavy atom. The third kappa shape index (κ3) is 3.62. The molecule has 1 atom stereocenters. The summed E-state index contributed by atoms with van der Waals surface area (Å²) >= 11 is 0. The zero-order valence-corrected chi connectivity index (χ0v) is 4.29. The molecule has 0 fully saturated rings. The van der Waals surface area contributed by atoms with E-state index >= 15 is 0 Å². The predicted molar refractivity (Wildman–Crippen MR) is 26.8 cm³/mol. The lowest BCUT2D eigenvalue weighted by Crippen LogP contribution is -2.05. The van der Waals surface area contributed by atoms with Crippen molar-refractivity contribution in [3.63, 3.8) is 0 Å². The zero-order valence-electron chi connectivity index (χ0n) is 3.47.